The molecule has 0 unspecified atom stereocenters. The van der Waals surface area contributed by atoms with Gasteiger partial charge in [0.15, 0.2) is 5.78 Å². The molecule has 3 aromatic carbocycles. The smallest absolute Gasteiger partial charge is 0.253 e. The number of hydrogen-bond acceptors (Lipinski definition) is 4. The Bertz CT molecular complexity index is 1780. The molecule has 0 saturated carbocycles. The number of fused-ring (bicyclic) bond motifs is 3. The van der Waals surface area contributed by atoms with Gasteiger partial charge in [0.1, 0.15) is 11.6 Å². The summed E-state index contributed by atoms with van der Waals surface area (Å²) in [6.07, 6.45) is 7.55. The number of ketones is 1. The molecular weight excluding hydrogens is 660 g/mol. The minimum absolute atomic E-state index is 0.0138. The Balaban J connectivity index is 1.12. The lowest BCUT2D eigenvalue weighted by Gasteiger charge is -2.39. The van der Waals surface area contributed by atoms with Gasteiger partial charge in [0.2, 0.25) is 0 Å². The van der Waals surface area contributed by atoms with Crippen LogP contribution in [-0.4, -0.2) is 45.9 Å². The zero-order valence-electron chi connectivity index (χ0n) is 26.6. The Morgan fingerprint density at radius 1 is 0.957 bits per heavy atom. The molecule has 0 spiro atoms. The highest BCUT2D eigenvalue weighted by atomic mass is 35.5. The Hall–Kier alpha value is -3.10. The molecular formula is C37H39Cl3FN3O3. The summed E-state index contributed by atoms with van der Waals surface area (Å²) >= 11 is 18.2. The van der Waals surface area contributed by atoms with E-state index in [1.807, 2.05) is 44.3 Å². The lowest BCUT2D eigenvalue weighted by molar-refractivity contribution is 0.0807. The molecule has 2 fully saturated rings. The largest absolute Gasteiger partial charge is 0.489 e. The van der Waals surface area contributed by atoms with Crippen LogP contribution in [0.15, 0.2) is 60.8 Å². The molecule has 3 atom stereocenters. The van der Waals surface area contributed by atoms with E-state index in [2.05, 4.69) is 14.8 Å². The number of Topliss-reactive ketones (excluding diaryl/α,β-unsaturated/α-hetero) is 1. The molecule has 0 aliphatic carbocycles. The van der Waals surface area contributed by atoms with Gasteiger partial charge in [-0.15, -0.1) is 0 Å². The molecule has 10 heteroatoms. The molecule has 2 bridgehead atoms. The standard InChI is InChI=1S/C37H39Cl3FN3O3/c1-22(2)47-35-6-3-5-28-29(37(46)42-20-23-7-11-30(38)31(39)17-23)21-43(36(28)35)13-4-14-44-26-9-10-27(44)16-24(15-26)18-34(45)25-8-12-33(41)32(40)19-25/h3,5-8,11-12,17,19,21-22,24,26-27H,4,9-10,13-16,18,20H2,1-2H3,(H,42,46)/t24-,26+,27-. The third kappa shape index (κ3) is 7.64. The summed E-state index contributed by atoms with van der Waals surface area (Å²) < 4.78 is 22.0. The fourth-order valence-corrected chi connectivity index (χ4v) is 7.85. The van der Waals surface area contributed by atoms with Crippen LogP contribution in [-0.2, 0) is 13.1 Å². The normalized spacial score (nSPS) is 19.4. The zero-order chi connectivity index (χ0) is 33.2. The molecule has 1 aromatic heterocycles. The second-order valence-electron chi connectivity index (χ2n) is 13.1. The van der Waals surface area contributed by atoms with Crippen molar-refractivity contribution in [2.24, 2.45) is 5.92 Å². The molecule has 6 rings (SSSR count). The summed E-state index contributed by atoms with van der Waals surface area (Å²) in [5.41, 5.74) is 2.86. The van der Waals surface area contributed by atoms with Crippen molar-refractivity contribution in [1.82, 2.24) is 14.8 Å². The van der Waals surface area contributed by atoms with Crippen molar-refractivity contribution in [3.63, 3.8) is 0 Å². The number of halogens is 4. The number of aromatic nitrogens is 1. The molecule has 1 amide bonds. The van der Waals surface area contributed by atoms with Gasteiger partial charge in [-0.2, -0.15) is 0 Å². The van der Waals surface area contributed by atoms with E-state index in [9.17, 15) is 14.0 Å². The van der Waals surface area contributed by atoms with Crippen LogP contribution < -0.4 is 10.1 Å². The van der Waals surface area contributed by atoms with E-state index < -0.39 is 5.82 Å². The first-order chi connectivity index (χ1) is 22.6. The van der Waals surface area contributed by atoms with E-state index in [4.69, 9.17) is 39.5 Å². The quantitative estimate of drug-likeness (QED) is 0.150. The van der Waals surface area contributed by atoms with Gasteiger partial charge in [-0.05, 0) is 93.8 Å². The van der Waals surface area contributed by atoms with Crippen molar-refractivity contribution in [2.45, 2.75) is 83.6 Å². The predicted molar refractivity (Wildman–Crippen MR) is 187 cm³/mol. The fourth-order valence-electron chi connectivity index (χ4n) is 7.35. The van der Waals surface area contributed by atoms with Crippen LogP contribution in [0.3, 0.4) is 0 Å². The van der Waals surface area contributed by atoms with E-state index in [1.165, 1.54) is 18.2 Å². The van der Waals surface area contributed by atoms with E-state index in [-0.39, 0.29) is 22.8 Å². The van der Waals surface area contributed by atoms with Crippen molar-refractivity contribution in [3.8, 4) is 5.75 Å². The minimum atomic E-state index is -0.509. The lowest BCUT2D eigenvalue weighted by Crippen LogP contribution is -2.43. The average molecular weight is 699 g/mol. The van der Waals surface area contributed by atoms with Crippen LogP contribution in [0.5, 0.6) is 5.75 Å². The van der Waals surface area contributed by atoms with Gasteiger partial charge in [0, 0.05) is 55.3 Å². The molecule has 6 nitrogen and oxygen atoms in total. The second-order valence-corrected chi connectivity index (χ2v) is 14.3. The number of piperidine rings is 1. The number of nitrogens with zero attached hydrogens (tertiary/aromatic N) is 2. The minimum Gasteiger partial charge on any atom is -0.489 e. The van der Waals surface area contributed by atoms with Crippen LogP contribution in [0.1, 0.15) is 78.7 Å². The van der Waals surface area contributed by atoms with E-state index in [1.54, 1.807) is 12.1 Å². The maximum atomic E-state index is 13.6. The number of benzene rings is 3. The van der Waals surface area contributed by atoms with Crippen molar-refractivity contribution in [2.75, 3.05) is 6.54 Å². The van der Waals surface area contributed by atoms with Crippen LogP contribution in [0, 0.1) is 11.7 Å². The second kappa shape index (κ2) is 14.6. The number of rotatable bonds is 12. The maximum Gasteiger partial charge on any atom is 0.253 e. The summed E-state index contributed by atoms with van der Waals surface area (Å²) in [6, 6.07) is 16.3. The van der Waals surface area contributed by atoms with Gasteiger partial charge in [-0.1, -0.05) is 53.0 Å². The average Bonchev–Trinajstić information content (AvgIpc) is 3.52. The number of carbonyl (C=O) groups excluding carboxylic acids is 2. The van der Waals surface area contributed by atoms with Gasteiger partial charge in [-0.3, -0.25) is 14.5 Å². The summed E-state index contributed by atoms with van der Waals surface area (Å²) in [4.78, 5) is 29.1. The Kier molecular flexibility index (Phi) is 10.5. The Morgan fingerprint density at radius 3 is 2.43 bits per heavy atom. The SMILES string of the molecule is CC(C)Oc1cccc2c(C(=O)NCc3ccc(Cl)c(Cl)c3)cn(CCCN3[C@@H]4CC[C@H]3C[C@@H](CC(=O)c3ccc(F)c(Cl)c3)C4)c12. The first-order valence-electron chi connectivity index (χ1n) is 16.3. The molecule has 47 heavy (non-hydrogen) atoms. The number of aryl methyl sites for hydroxylation is 1. The monoisotopic (exact) mass is 697 g/mol. The number of nitrogens with one attached hydrogen (secondary N) is 1. The molecule has 1 N–H and O–H groups in total. The van der Waals surface area contributed by atoms with Crippen molar-refractivity contribution in [1.29, 1.82) is 0 Å². The number of carbonyl (C=O) groups is 2. The molecule has 2 aliphatic heterocycles. The van der Waals surface area contributed by atoms with Crippen molar-refractivity contribution in [3.05, 3.63) is 98.4 Å². The highest BCUT2D eigenvalue weighted by molar-refractivity contribution is 6.42. The molecule has 3 heterocycles. The van der Waals surface area contributed by atoms with Gasteiger partial charge in [-0.25, -0.2) is 4.39 Å². The molecule has 2 saturated heterocycles. The summed E-state index contributed by atoms with van der Waals surface area (Å²) in [6.45, 7) is 6.00. The van der Waals surface area contributed by atoms with Gasteiger partial charge < -0.3 is 14.6 Å². The van der Waals surface area contributed by atoms with Crippen LogP contribution >= 0.6 is 34.8 Å². The Morgan fingerprint density at radius 2 is 1.72 bits per heavy atom. The third-order valence-electron chi connectivity index (χ3n) is 9.42. The molecule has 0 radical (unpaired) electrons. The van der Waals surface area contributed by atoms with E-state index in [0.717, 1.165) is 67.4 Å². The van der Waals surface area contributed by atoms with Crippen molar-refractivity contribution < 1.29 is 18.7 Å². The van der Waals surface area contributed by atoms with Crippen LogP contribution in [0.4, 0.5) is 4.39 Å². The number of ether oxygens (including phenoxy) is 1. The highest BCUT2D eigenvalue weighted by Crippen LogP contribution is 2.41. The Labute approximate surface area is 290 Å². The van der Waals surface area contributed by atoms with Gasteiger partial charge >= 0.3 is 0 Å². The first kappa shape index (κ1) is 33.8. The lowest BCUT2D eigenvalue weighted by atomic mass is 9.85. The number of para-hydroxylation sites is 1. The molecule has 2 aliphatic rings. The van der Waals surface area contributed by atoms with Crippen molar-refractivity contribution >= 4 is 57.4 Å². The molecule has 4 aromatic rings. The predicted octanol–water partition coefficient (Wildman–Crippen LogP) is 9.36. The summed E-state index contributed by atoms with van der Waals surface area (Å²) in [5.74, 6) is 0.424. The van der Waals surface area contributed by atoms with E-state index in [0.29, 0.717) is 52.1 Å². The zero-order valence-corrected chi connectivity index (χ0v) is 28.8. The van der Waals surface area contributed by atoms with Gasteiger partial charge in [0.25, 0.3) is 5.91 Å². The summed E-state index contributed by atoms with van der Waals surface area (Å²) in [5, 5.41) is 4.80. The van der Waals surface area contributed by atoms with Crippen LogP contribution in [0.2, 0.25) is 15.1 Å². The number of hydrogen-bond donors (Lipinski definition) is 1. The first-order valence-corrected chi connectivity index (χ1v) is 17.5. The summed E-state index contributed by atoms with van der Waals surface area (Å²) in [7, 11) is 0. The number of amides is 1. The third-order valence-corrected chi connectivity index (χ3v) is 10.4. The highest BCUT2D eigenvalue weighted by Gasteiger charge is 2.40. The maximum absolute atomic E-state index is 13.6. The van der Waals surface area contributed by atoms with Crippen LogP contribution in [0.25, 0.3) is 10.9 Å². The molecule has 248 valence electrons. The van der Waals surface area contributed by atoms with E-state index >= 15 is 0 Å². The van der Waals surface area contributed by atoms with Gasteiger partial charge in [0.05, 0.1) is 32.3 Å². The fraction of sp³-hybridized carbons (Fsp3) is 0.405. The topological polar surface area (TPSA) is 63.6 Å².